The van der Waals surface area contributed by atoms with Gasteiger partial charge in [0.2, 0.25) is 0 Å². The molecule has 2 rings (SSSR count). The summed E-state index contributed by atoms with van der Waals surface area (Å²) in [6.45, 7) is 8.74. The lowest BCUT2D eigenvalue weighted by Gasteiger charge is -2.27. The Morgan fingerprint density at radius 1 is 1.19 bits per heavy atom. The Morgan fingerprint density at radius 2 is 1.95 bits per heavy atom. The number of rotatable bonds is 7. The fourth-order valence-corrected chi connectivity index (χ4v) is 2.60. The number of benzene rings is 1. The van der Waals surface area contributed by atoms with Gasteiger partial charge in [-0.25, -0.2) is 4.98 Å². The molecule has 21 heavy (non-hydrogen) atoms. The van der Waals surface area contributed by atoms with Gasteiger partial charge in [-0.3, -0.25) is 4.90 Å². The minimum absolute atomic E-state index is 0.521. The number of hydrogen-bond acceptors (Lipinski definition) is 3. The third-order valence-electron chi connectivity index (χ3n) is 3.99. The number of para-hydroxylation sites is 1. The molecule has 0 saturated heterocycles. The summed E-state index contributed by atoms with van der Waals surface area (Å²) in [4.78, 5) is 7.02. The predicted molar refractivity (Wildman–Crippen MR) is 91.2 cm³/mol. The molecular formula is C18H27N3. The van der Waals surface area contributed by atoms with E-state index in [-0.39, 0.29) is 0 Å². The van der Waals surface area contributed by atoms with Crippen molar-refractivity contribution in [2.75, 3.05) is 12.3 Å². The monoisotopic (exact) mass is 285 g/mol. The van der Waals surface area contributed by atoms with E-state index in [1.165, 1.54) is 24.6 Å². The van der Waals surface area contributed by atoms with Gasteiger partial charge in [0.15, 0.2) is 0 Å². The van der Waals surface area contributed by atoms with Crippen molar-refractivity contribution in [1.82, 2.24) is 9.88 Å². The quantitative estimate of drug-likeness (QED) is 0.775. The summed E-state index contributed by atoms with van der Waals surface area (Å²) < 4.78 is 0. The van der Waals surface area contributed by atoms with Gasteiger partial charge in [0, 0.05) is 23.5 Å². The Kier molecular flexibility index (Phi) is 5.57. The first-order valence-corrected chi connectivity index (χ1v) is 8.00. The number of hydrogen-bond donors (Lipinski definition) is 1. The van der Waals surface area contributed by atoms with Crippen molar-refractivity contribution >= 4 is 16.7 Å². The van der Waals surface area contributed by atoms with Gasteiger partial charge in [-0.15, -0.1) is 0 Å². The van der Waals surface area contributed by atoms with Crippen LogP contribution in [0.15, 0.2) is 30.3 Å². The molecule has 0 atom stereocenters. The summed E-state index contributed by atoms with van der Waals surface area (Å²) in [7, 11) is 0. The molecule has 0 aliphatic rings. The molecule has 114 valence electrons. The second kappa shape index (κ2) is 7.41. The zero-order valence-corrected chi connectivity index (χ0v) is 13.5. The smallest absolute Gasteiger partial charge is 0.128 e. The average molecular weight is 285 g/mol. The maximum absolute atomic E-state index is 6.15. The molecule has 0 amide bonds. The van der Waals surface area contributed by atoms with Gasteiger partial charge >= 0.3 is 0 Å². The highest BCUT2D eigenvalue weighted by atomic mass is 15.1. The Balaban J connectivity index is 2.17. The molecule has 0 fully saturated rings. The summed E-state index contributed by atoms with van der Waals surface area (Å²) in [6, 6.07) is 10.9. The lowest BCUT2D eigenvalue weighted by atomic mass is 10.1. The van der Waals surface area contributed by atoms with E-state index in [2.05, 4.69) is 42.8 Å². The number of fused-ring (bicyclic) bond motifs is 1. The molecule has 0 radical (unpaired) electrons. The summed E-state index contributed by atoms with van der Waals surface area (Å²) >= 11 is 0. The van der Waals surface area contributed by atoms with Crippen LogP contribution in [0.1, 0.15) is 45.6 Å². The highest BCUT2D eigenvalue weighted by Gasteiger charge is 2.12. The fourth-order valence-electron chi connectivity index (χ4n) is 2.60. The van der Waals surface area contributed by atoms with E-state index >= 15 is 0 Å². The van der Waals surface area contributed by atoms with Crippen LogP contribution in [0.3, 0.4) is 0 Å². The first kappa shape index (κ1) is 15.8. The molecule has 0 saturated carbocycles. The molecule has 0 aliphatic heterocycles. The molecule has 3 nitrogen and oxygen atoms in total. The van der Waals surface area contributed by atoms with Crippen molar-refractivity contribution in [3.8, 4) is 0 Å². The molecule has 3 heteroatoms. The Labute approximate surface area is 128 Å². The molecular weight excluding hydrogens is 258 g/mol. The topological polar surface area (TPSA) is 42.2 Å². The van der Waals surface area contributed by atoms with Gasteiger partial charge in [-0.2, -0.15) is 0 Å². The molecule has 2 aromatic rings. The lowest BCUT2D eigenvalue weighted by Crippen LogP contribution is -2.31. The second-order valence-corrected chi connectivity index (χ2v) is 6.00. The minimum atomic E-state index is 0.521. The van der Waals surface area contributed by atoms with E-state index in [0.717, 1.165) is 24.2 Å². The van der Waals surface area contributed by atoms with Crippen LogP contribution >= 0.6 is 0 Å². The van der Waals surface area contributed by atoms with E-state index in [4.69, 9.17) is 5.73 Å². The maximum atomic E-state index is 6.15. The molecule has 1 heterocycles. The third-order valence-corrected chi connectivity index (χ3v) is 3.99. The van der Waals surface area contributed by atoms with Crippen LogP contribution < -0.4 is 5.73 Å². The number of aromatic nitrogens is 1. The average Bonchev–Trinajstić information content (AvgIpc) is 2.46. The number of pyridine rings is 1. The standard InChI is InChI=1S/C18H27N3/c1-4-5-8-11-21(14(2)3)13-16-12-15-9-6-7-10-17(15)20-18(16)19/h6-7,9-10,12,14H,4-5,8,11,13H2,1-3H3,(H2,19,20). The summed E-state index contributed by atoms with van der Waals surface area (Å²) in [5.74, 6) is 0.662. The zero-order valence-electron chi connectivity index (χ0n) is 13.5. The Bertz CT molecular complexity index is 578. The summed E-state index contributed by atoms with van der Waals surface area (Å²) in [5, 5.41) is 1.17. The molecule has 0 bridgehead atoms. The van der Waals surface area contributed by atoms with E-state index in [1.54, 1.807) is 0 Å². The second-order valence-electron chi connectivity index (χ2n) is 6.00. The first-order valence-electron chi connectivity index (χ1n) is 8.00. The largest absolute Gasteiger partial charge is 0.383 e. The van der Waals surface area contributed by atoms with Crippen LogP contribution in [0.5, 0.6) is 0 Å². The van der Waals surface area contributed by atoms with Gasteiger partial charge in [0.25, 0.3) is 0 Å². The third kappa shape index (κ3) is 4.18. The fraction of sp³-hybridized carbons (Fsp3) is 0.500. The highest BCUT2D eigenvalue weighted by molar-refractivity contribution is 5.81. The Morgan fingerprint density at radius 3 is 2.67 bits per heavy atom. The SMILES string of the molecule is CCCCCN(Cc1cc2ccccc2nc1N)C(C)C. The van der Waals surface area contributed by atoms with Crippen LogP contribution in [-0.4, -0.2) is 22.5 Å². The van der Waals surface area contributed by atoms with Crippen LogP contribution in [0.25, 0.3) is 10.9 Å². The first-order chi connectivity index (χ1) is 10.1. The number of nitrogens with zero attached hydrogens (tertiary/aromatic N) is 2. The highest BCUT2D eigenvalue weighted by Crippen LogP contribution is 2.20. The van der Waals surface area contributed by atoms with Crippen molar-refractivity contribution in [2.45, 2.75) is 52.6 Å². The molecule has 2 N–H and O–H groups in total. The van der Waals surface area contributed by atoms with E-state index in [9.17, 15) is 0 Å². The summed E-state index contributed by atoms with van der Waals surface area (Å²) in [5.41, 5.74) is 8.26. The lowest BCUT2D eigenvalue weighted by molar-refractivity contribution is 0.208. The van der Waals surface area contributed by atoms with E-state index in [0.29, 0.717) is 11.9 Å². The van der Waals surface area contributed by atoms with Crippen LogP contribution in [0.4, 0.5) is 5.82 Å². The van der Waals surface area contributed by atoms with Gasteiger partial charge in [-0.05, 0) is 38.9 Å². The zero-order chi connectivity index (χ0) is 15.2. The van der Waals surface area contributed by atoms with Crippen LogP contribution in [0, 0.1) is 0 Å². The van der Waals surface area contributed by atoms with Gasteiger partial charge in [0.05, 0.1) is 5.52 Å². The molecule has 0 aliphatic carbocycles. The summed E-state index contributed by atoms with van der Waals surface area (Å²) in [6.07, 6.45) is 3.79. The van der Waals surface area contributed by atoms with Crippen LogP contribution in [0.2, 0.25) is 0 Å². The number of nitrogen functional groups attached to an aromatic ring is 1. The predicted octanol–water partition coefficient (Wildman–Crippen LogP) is 4.22. The van der Waals surface area contributed by atoms with Gasteiger partial charge < -0.3 is 5.73 Å². The van der Waals surface area contributed by atoms with Gasteiger partial charge in [-0.1, -0.05) is 38.0 Å². The van der Waals surface area contributed by atoms with Crippen molar-refractivity contribution in [1.29, 1.82) is 0 Å². The van der Waals surface area contributed by atoms with Gasteiger partial charge in [0.1, 0.15) is 5.82 Å². The van der Waals surface area contributed by atoms with Crippen molar-refractivity contribution in [2.24, 2.45) is 0 Å². The molecule has 1 aromatic carbocycles. The van der Waals surface area contributed by atoms with Crippen molar-refractivity contribution in [3.05, 3.63) is 35.9 Å². The number of anilines is 1. The minimum Gasteiger partial charge on any atom is -0.383 e. The molecule has 1 aromatic heterocycles. The molecule has 0 unspecified atom stereocenters. The van der Waals surface area contributed by atoms with E-state index in [1.807, 2.05) is 18.2 Å². The normalized spacial score (nSPS) is 11.7. The van der Waals surface area contributed by atoms with Crippen molar-refractivity contribution in [3.63, 3.8) is 0 Å². The maximum Gasteiger partial charge on any atom is 0.128 e. The van der Waals surface area contributed by atoms with E-state index < -0.39 is 0 Å². The molecule has 0 spiro atoms. The van der Waals surface area contributed by atoms with Crippen molar-refractivity contribution < 1.29 is 0 Å². The Hall–Kier alpha value is -1.61. The van der Waals surface area contributed by atoms with Crippen LogP contribution in [-0.2, 0) is 6.54 Å². The number of nitrogens with two attached hydrogens (primary N) is 1. The number of unbranched alkanes of at least 4 members (excludes halogenated alkanes) is 2.